The van der Waals surface area contributed by atoms with Crippen molar-refractivity contribution in [2.45, 2.75) is 27.3 Å². The third kappa shape index (κ3) is 2.55. The predicted octanol–water partition coefficient (Wildman–Crippen LogP) is 3.80. The number of H-pyrrole nitrogens is 1. The maximum atomic E-state index is 12.6. The molecule has 4 aromatic rings. The van der Waals surface area contributed by atoms with Crippen molar-refractivity contribution in [3.8, 4) is 0 Å². The van der Waals surface area contributed by atoms with Crippen molar-refractivity contribution in [2.24, 2.45) is 0 Å². The summed E-state index contributed by atoms with van der Waals surface area (Å²) in [7, 11) is 0. The van der Waals surface area contributed by atoms with Crippen molar-refractivity contribution in [3.63, 3.8) is 0 Å². The molecule has 0 bridgehead atoms. The van der Waals surface area contributed by atoms with Gasteiger partial charge < -0.3 is 9.88 Å². The van der Waals surface area contributed by atoms with Crippen LogP contribution in [0.1, 0.15) is 28.8 Å². The molecule has 25 heavy (non-hydrogen) atoms. The van der Waals surface area contributed by atoms with Crippen LogP contribution in [0.5, 0.6) is 0 Å². The molecule has 0 atom stereocenters. The number of carbonyl (C=O) groups is 1. The van der Waals surface area contributed by atoms with E-state index in [0.717, 1.165) is 39.9 Å². The maximum absolute atomic E-state index is 12.6. The van der Waals surface area contributed by atoms with E-state index in [4.69, 9.17) is 0 Å². The second-order valence-corrected chi connectivity index (χ2v) is 6.18. The molecule has 126 valence electrons. The molecule has 0 aliphatic rings. The highest BCUT2D eigenvalue weighted by Gasteiger charge is 2.15. The number of aromatic amines is 1. The fraction of sp³-hybridized carbons (Fsp3) is 0.211. The molecule has 2 N–H and O–H groups in total. The monoisotopic (exact) mass is 333 g/mol. The summed E-state index contributed by atoms with van der Waals surface area (Å²) in [4.78, 5) is 17.2. The number of fused-ring (bicyclic) bond motifs is 2. The second-order valence-electron chi connectivity index (χ2n) is 6.18. The van der Waals surface area contributed by atoms with Gasteiger partial charge in [-0.3, -0.25) is 9.89 Å². The molecule has 4 rings (SSSR count). The lowest BCUT2D eigenvalue weighted by molar-refractivity contribution is 0.102. The fourth-order valence-electron chi connectivity index (χ4n) is 3.22. The van der Waals surface area contributed by atoms with E-state index in [0.29, 0.717) is 11.4 Å². The van der Waals surface area contributed by atoms with E-state index in [1.165, 1.54) is 0 Å². The first-order valence-electron chi connectivity index (χ1n) is 8.30. The molecule has 0 aliphatic heterocycles. The van der Waals surface area contributed by atoms with Crippen LogP contribution in [0.2, 0.25) is 0 Å². The molecule has 0 spiro atoms. The normalized spacial score (nSPS) is 11.3. The Kier molecular flexibility index (Phi) is 3.53. The Balaban J connectivity index is 1.68. The van der Waals surface area contributed by atoms with Crippen molar-refractivity contribution in [3.05, 3.63) is 53.5 Å². The predicted molar refractivity (Wildman–Crippen MR) is 98.9 cm³/mol. The van der Waals surface area contributed by atoms with Crippen LogP contribution in [-0.4, -0.2) is 25.7 Å². The zero-order chi connectivity index (χ0) is 17.6. The maximum Gasteiger partial charge on any atom is 0.276 e. The Morgan fingerprint density at radius 2 is 2.04 bits per heavy atom. The molecule has 0 saturated heterocycles. The molecule has 0 saturated carbocycles. The number of nitrogens with one attached hydrogen (secondary N) is 2. The summed E-state index contributed by atoms with van der Waals surface area (Å²) >= 11 is 0. The van der Waals surface area contributed by atoms with Gasteiger partial charge in [0.2, 0.25) is 0 Å². The Bertz CT molecular complexity index is 1110. The number of carbonyl (C=O) groups excluding carboxylic acids is 1. The lowest BCUT2D eigenvalue weighted by atomic mass is 10.1. The highest BCUT2D eigenvalue weighted by atomic mass is 16.1. The lowest BCUT2D eigenvalue weighted by Crippen LogP contribution is -2.12. The first kappa shape index (κ1) is 15.4. The Morgan fingerprint density at radius 1 is 1.20 bits per heavy atom. The third-order valence-electron chi connectivity index (χ3n) is 4.45. The van der Waals surface area contributed by atoms with Crippen LogP contribution < -0.4 is 5.32 Å². The number of aryl methyl sites for hydroxylation is 3. The van der Waals surface area contributed by atoms with Crippen molar-refractivity contribution < 1.29 is 4.79 Å². The van der Waals surface area contributed by atoms with Crippen LogP contribution in [0, 0.1) is 13.8 Å². The van der Waals surface area contributed by atoms with E-state index in [2.05, 4.69) is 32.0 Å². The summed E-state index contributed by atoms with van der Waals surface area (Å²) in [6, 6.07) is 11.7. The van der Waals surface area contributed by atoms with Crippen molar-refractivity contribution in [2.75, 3.05) is 5.32 Å². The first-order valence-corrected chi connectivity index (χ1v) is 8.30. The zero-order valence-electron chi connectivity index (χ0n) is 14.4. The number of rotatable bonds is 3. The van der Waals surface area contributed by atoms with E-state index in [1.807, 2.05) is 50.2 Å². The van der Waals surface area contributed by atoms with E-state index in [1.54, 1.807) is 0 Å². The average molecular weight is 333 g/mol. The van der Waals surface area contributed by atoms with Crippen LogP contribution in [0.4, 0.5) is 5.69 Å². The molecule has 1 amide bonds. The van der Waals surface area contributed by atoms with Crippen LogP contribution in [0.25, 0.3) is 21.9 Å². The summed E-state index contributed by atoms with van der Waals surface area (Å²) in [5.41, 5.74) is 4.99. The van der Waals surface area contributed by atoms with Gasteiger partial charge in [-0.2, -0.15) is 5.10 Å². The topological polar surface area (TPSA) is 75.6 Å². The zero-order valence-corrected chi connectivity index (χ0v) is 14.4. The molecular formula is C19H19N5O. The Hall–Kier alpha value is -3.15. The molecule has 6 nitrogen and oxygen atoms in total. The number of amides is 1. The number of hydrogen-bond acceptors (Lipinski definition) is 3. The summed E-state index contributed by atoms with van der Waals surface area (Å²) in [5, 5.41) is 10.8. The van der Waals surface area contributed by atoms with Gasteiger partial charge in [0.1, 0.15) is 5.82 Å². The van der Waals surface area contributed by atoms with Gasteiger partial charge in [0, 0.05) is 17.6 Å². The van der Waals surface area contributed by atoms with Crippen molar-refractivity contribution in [1.29, 1.82) is 0 Å². The molecule has 6 heteroatoms. The van der Waals surface area contributed by atoms with Crippen LogP contribution in [0.15, 0.2) is 36.4 Å². The molecule has 0 unspecified atom stereocenters. The SMILES string of the molecule is CCn1c(C)nc2cc(NC(=O)c3n[nH]c4ccc(C)cc34)ccc21. The van der Waals surface area contributed by atoms with E-state index < -0.39 is 0 Å². The third-order valence-corrected chi connectivity index (χ3v) is 4.45. The van der Waals surface area contributed by atoms with Gasteiger partial charge in [0.15, 0.2) is 5.69 Å². The van der Waals surface area contributed by atoms with Gasteiger partial charge in [-0.15, -0.1) is 0 Å². The lowest BCUT2D eigenvalue weighted by Gasteiger charge is -2.05. The largest absolute Gasteiger partial charge is 0.329 e. The van der Waals surface area contributed by atoms with Crippen LogP contribution in [0.3, 0.4) is 0 Å². The number of nitrogens with zero attached hydrogens (tertiary/aromatic N) is 3. The minimum absolute atomic E-state index is 0.233. The van der Waals surface area contributed by atoms with Gasteiger partial charge in [0.25, 0.3) is 5.91 Å². The summed E-state index contributed by atoms with van der Waals surface area (Å²) in [5.74, 6) is 0.734. The molecule has 2 heterocycles. The highest BCUT2D eigenvalue weighted by Crippen LogP contribution is 2.22. The average Bonchev–Trinajstić information content (AvgIpc) is 3.13. The standard InChI is InChI=1S/C19H19N5O/c1-4-24-12(3)20-16-10-13(6-8-17(16)24)21-19(25)18-14-9-11(2)5-7-15(14)22-23-18/h5-10H,4H2,1-3H3,(H,21,25)(H,22,23). The number of benzene rings is 2. The highest BCUT2D eigenvalue weighted by molar-refractivity contribution is 6.11. The number of aromatic nitrogens is 4. The minimum atomic E-state index is -0.233. The quantitative estimate of drug-likeness (QED) is 0.599. The molecule has 0 radical (unpaired) electrons. The molecule has 0 aliphatic carbocycles. The molecule has 2 aromatic carbocycles. The number of anilines is 1. The van der Waals surface area contributed by atoms with Crippen LogP contribution >= 0.6 is 0 Å². The smallest absolute Gasteiger partial charge is 0.276 e. The van der Waals surface area contributed by atoms with E-state index in [9.17, 15) is 4.79 Å². The van der Waals surface area contributed by atoms with Crippen LogP contribution in [-0.2, 0) is 6.54 Å². The molecule has 2 aromatic heterocycles. The minimum Gasteiger partial charge on any atom is -0.329 e. The van der Waals surface area contributed by atoms with Gasteiger partial charge in [-0.1, -0.05) is 11.6 Å². The Morgan fingerprint density at radius 3 is 2.84 bits per heavy atom. The molecule has 0 fully saturated rings. The number of hydrogen-bond donors (Lipinski definition) is 2. The van der Waals surface area contributed by atoms with E-state index in [-0.39, 0.29) is 5.91 Å². The van der Waals surface area contributed by atoms with Gasteiger partial charge in [-0.05, 0) is 51.1 Å². The van der Waals surface area contributed by atoms with Gasteiger partial charge >= 0.3 is 0 Å². The van der Waals surface area contributed by atoms with E-state index >= 15 is 0 Å². The summed E-state index contributed by atoms with van der Waals surface area (Å²) in [6.45, 7) is 6.94. The summed E-state index contributed by atoms with van der Waals surface area (Å²) in [6.07, 6.45) is 0. The van der Waals surface area contributed by atoms with Gasteiger partial charge in [-0.25, -0.2) is 4.98 Å². The van der Waals surface area contributed by atoms with Crippen molar-refractivity contribution >= 4 is 33.5 Å². The molecular weight excluding hydrogens is 314 g/mol. The summed E-state index contributed by atoms with van der Waals surface area (Å²) < 4.78 is 2.14. The number of imidazole rings is 1. The second kappa shape index (κ2) is 5.73. The van der Waals surface area contributed by atoms with Gasteiger partial charge in [0.05, 0.1) is 16.6 Å². The Labute approximate surface area is 144 Å². The fourth-order valence-corrected chi connectivity index (χ4v) is 3.22. The van der Waals surface area contributed by atoms with Crippen molar-refractivity contribution in [1.82, 2.24) is 19.7 Å². The first-order chi connectivity index (χ1) is 12.1.